The second-order valence-corrected chi connectivity index (χ2v) is 2.45. The van der Waals surface area contributed by atoms with E-state index in [0.717, 1.165) is 23.8 Å². The fourth-order valence-electron chi connectivity index (χ4n) is 0.644. The quantitative estimate of drug-likeness (QED) is 0.355. The van der Waals surface area contributed by atoms with Crippen LogP contribution in [0, 0.1) is 11.6 Å². The summed E-state index contributed by atoms with van der Waals surface area (Å²) < 4.78 is 36.2. The summed E-state index contributed by atoms with van der Waals surface area (Å²) >= 11 is 0. The van der Waals surface area contributed by atoms with Crippen molar-refractivity contribution in [3.8, 4) is 0 Å². The molecule has 0 saturated carbocycles. The lowest BCUT2D eigenvalue weighted by atomic mass is 10.3. The largest absolute Gasteiger partial charge is 0.473 e. The Morgan fingerprint density at radius 1 is 1.12 bits per heavy atom. The second kappa shape index (κ2) is 7.06. The zero-order valence-electron chi connectivity index (χ0n) is 8.08. The van der Waals surface area contributed by atoms with Crippen LogP contribution in [0.25, 0.3) is 0 Å². The topological polar surface area (TPSA) is 98.7 Å². The zero-order valence-corrected chi connectivity index (χ0v) is 8.08. The van der Waals surface area contributed by atoms with Crippen molar-refractivity contribution in [3.63, 3.8) is 0 Å². The van der Waals surface area contributed by atoms with E-state index in [2.05, 4.69) is 0 Å². The van der Waals surface area contributed by atoms with Crippen molar-refractivity contribution in [2.45, 2.75) is 0 Å². The van der Waals surface area contributed by atoms with E-state index >= 15 is 0 Å². The predicted octanol–water partition coefficient (Wildman–Crippen LogP) is 0.921. The van der Waals surface area contributed by atoms with Crippen LogP contribution in [0.2, 0.25) is 0 Å². The molecular weight excluding hydrogens is 245 g/mol. The van der Waals surface area contributed by atoms with E-state index in [9.17, 15) is 13.3 Å². The summed E-state index contributed by atoms with van der Waals surface area (Å²) in [5, 5.41) is 14.8. The van der Waals surface area contributed by atoms with Crippen molar-refractivity contribution in [1.82, 2.24) is 5.65 Å². The third-order valence-corrected chi connectivity index (χ3v) is 1.29. The molecule has 0 aliphatic heterocycles. The van der Waals surface area contributed by atoms with Gasteiger partial charge in [-0.05, 0) is 12.1 Å². The van der Waals surface area contributed by atoms with E-state index in [0.29, 0.717) is 0 Å². The fourth-order valence-corrected chi connectivity index (χ4v) is 0.644. The molecule has 0 heterocycles. The van der Waals surface area contributed by atoms with Crippen LogP contribution in [0.4, 0.5) is 18.9 Å². The lowest BCUT2D eigenvalue weighted by Gasteiger charge is -2.01. The van der Waals surface area contributed by atoms with Crippen molar-refractivity contribution >= 4 is 17.6 Å². The number of anilines is 1. The van der Waals surface area contributed by atoms with E-state index in [1.54, 1.807) is 5.43 Å². The molecule has 4 N–H and O–H groups in total. The molecule has 0 aromatic heterocycles. The van der Waals surface area contributed by atoms with E-state index < -0.39 is 23.6 Å². The molecule has 0 saturated heterocycles. The van der Waals surface area contributed by atoms with Gasteiger partial charge in [0.25, 0.3) is 0 Å². The van der Waals surface area contributed by atoms with Crippen LogP contribution in [-0.2, 0) is 9.59 Å². The molecule has 0 aliphatic rings. The number of benzene rings is 1. The van der Waals surface area contributed by atoms with Gasteiger partial charge in [-0.25, -0.2) is 18.4 Å². The van der Waals surface area contributed by atoms with E-state index in [-0.39, 0.29) is 5.69 Å². The fraction of sp³-hybridized carbons (Fsp3) is 0. The maximum atomic E-state index is 12.5. The summed E-state index contributed by atoms with van der Waals surface area (Å²) in [5.74, 6) is -5.01. The number of carbonyl (C=O) groups is 2. The molecule has 0 radical (unpaired) electrons. The summed E-state index contributed by atoms with van der Waals surface area (Å²) in [6.07, 6.45) is 0. The first kappa shape index (κ1) is 14.7. The molecule has 6 nitrogen and oxygen atoms in total. The van der Waals surface area contributed by atoms with Crippen molar-refractivity contribution in [1.29, 1.82) is 0 Å². The van der Waals surface area contributed by atoms with E-state index in [4.69, 9.17) is 19.8 Å². The van der Waals surface area contributed by atoms with E-state index in [1.165, 1.54) is 0 Å². The zero-order chi connectivity index (χ0) is 13.4. The minimum Gasteiger partial charge on any atom is -0.473 e. The highest BCUT2D eigenvalue weighted by molar-refractivity contribution is 6.27. The first-order valence-electron chi connectivity index (χ1n) is 3.91. The number of nitrogens with one attached hydrogen (secondary N) is 2. The molecule has 0 unspecified atom stereocenters. The number of carboxylic acids is 2. The number of hydrogen-bond donors (Lipinski definition) is 4. The molecule has 94 valence electrons. The van der Waals surface area contributed by atoms with Crippen LogP contribution in [0.5, 0.6) is 0 Å². The standard InChI is InChI=1S/C6H5F3N2.C2H2O4/c7-4-1-2-5(8)6(3-4)10-11-9;3-1(4)2(5)6/h1-3,10-11H;(H,3,4)(H,5,6). The Bertz CT molecular complexity index is 402. The maximum absolute atomic E-state index is 12.5. The molecule has 0 fully saturated rings. The molecule has 17 heavy (non-hydrogen) atoms. The van der Waals surface area contributed by atoms with Gasteiger partial charge >= 0.3 is 11.9 Å². The Hall–Kier alpha value is -2.29. The molecule has 1 aromatic carbocycles. The van der Waals surface area contributed by atoms with Crippen LogP contribution in [-0.4, -0.2) is 22.2 Å². The smallest absolute Gasteiger partial charge is 0.414 e. The van der Waals surface area contributed by atoms with Crippen LogP contribution in [0.1, 0.15) is 0 Å². The predicted molar refractivity (Wildman–Crippen MR) is 49.5 cm³/mol. The number of carboxylic acid groups (broad SMARTS) is 2. The molecule has 9 heteroatoms. The minimum absolute atomic E-state index is 0.271. The van der Waals surface area contributed by atoms with Gasteiger partial charge in [0.15, 0.2) is 0 Å². The van der Waals surface area contributed by atoms with Gasteiger partial charge < -0.3 is 10.2 Å². The van der Waals surface area contributed by atoms with Gasteiger partial charge in [-0.2, -0.15) is 0 Å². The maximum Gasteiger partial charge on any atom is 0.414 e. The Balaban J connectivity index is 0.000000366. The minimum atomic E-state index is -1.82. The van der Waals surface area contributed by atoms with Crippen LogP contribution in [0.15, 0.2) is 18.2 Å². The average molecular weight is 252 g/mol. The number of hydrazine groups is 1. The van der Waals surface area contributed by atoms with E-state index in [1.807, 2.05) is 0 Å². The van der Waals surface area contributed by atoms with Gasteiger partial charge in [0.2, 0.25) is 0 Å². The van der Waals surface area contributed by atoms with Gasteiger partial charge in [0.1, 0.15) is 11.6 Å². The van der Waals surface area contributed by atoms with Crippen LogP contribution < -0.4 is 11.1 Å². The van der Waals surface area contributed by atoms with Gasteiger partial charge in [-0.3, -0.25) is 5.43 Å². The highest BCUT2D eigenvalue weighted by atomic mass is 19.2. The summed E-state index contributed by atoms with van der Waals surface area (Å²) in [6, 6.07) is 2.68. The third-order valence-electron chi connectivity index (χ3n) is 1.29. The van der Waals surface area contributed by atoms with Crippen LogP contribution >= 0.6 is 0 Å². The number of rotatable bonds is 2. The molecule has 0 spiro atoms. The van der Waals surface area contributed by atoms with Crippen LogP contribution in [0.3, 0.4) is 0 Å². The van der Waals surface area contributed by atoms with Crippen molar-refractivity contribution in [3.05, 3.63) is 29.8 Å². The third kappa shape index (κ3) is 5.99. The van der Waals surface area contributed by atoms with Gasteiger partial charge in [-0.15, -0.1) is 4.48 Å². The van der Waals surface area contributed by atoms with Gasteiger partial charge in [0.05, 0.1) is 5.69 Å². The lowest BCUT2D eigenvalue weighted by molar-refractivity contribution is -0.159. The summed E-state index contributed by atoms with van der Waals surface area (Å²) in [7, 11) is 0. The Kier molecular flexibility index (Phi) is 6.11. The average Bonchev–Trinajstić information content (AvgIpc) is 2.24. The molecular formula is C8H7F3N2O4. The molecule has 1 rings (SSSR count). The second-order valence-electron chi connectivity index (χ2n) is 2.45. The monoisotopic (exact) mass is 252 g/mol. The molecule has 1 aromatic rings. The number of hydrogen-bond acceptors (Lipinski definition) is 4. The van der Waals surface area contributed by atoms with Gasteiger partial charge in [-0.1, -0.05) is 5.65 Å². The van der Waals surface area contributed by atoms with Crippen molar-refractivity contribution in [2.24, 2.45) is 0 Å². The first-order chi connectivity index (χ1) is 7.88. The number of aliphatic carboxylic acids is 2. The first-order valence-corrected chi connectivity index (χ1v) is 3.91. The summed E-state index contributed by atoms with van der Waals surface area (Å²) in [4.78, 5) is 18.2. The summed E-state index contributed by atoms with van der Waals surface area (Å²) in [6.45, 7) is 0. The molecule has 0 atom stereocenters. The van der Waals surface area contributed by atoms with Crippen molar-refractivity contribution in [2.75, 3.05) is 5.43 Å². The Morgan fingerprint density at radius 2 is 1.65 bits per heavy atom. The highest BCUT2D eigenvalue weighted by Gasteiger charge is 2.04. The SMILES string of the molecule is FNNc1cc(F)ccc1F.O=C(O)C(=O)O. The normalized spacial score (nSPS) is 8.88. The lowest BCUT2D eigenvalue weighted by Crippen LogP contribution is -2.11. The summed E-state index contributed by atoms with van der Waals surface area (Å²) in [5.41, 5.74) is 2.51. The van der Waals surface area contributed by atoms with Gasteiger partial charge in [0, 0.05) is 6.07 Å². The number of halogens is 3. The molecule has 0 aliphatic carbocycles. The highest BCUT2D eigenvalue weighted by Crippen LogP contribution is 2.13. The molecule has 0 amide bonds. The molecule has 0 bridgehead atoms. The Morgan fingerprint density at radius 3 is 2.06 bits per heavy atom. The van der Waals surface area contributed by atoms with Crippen molar-refractivity contribution < 1.29 is 33.1 Å². The Labute approximate surface area is 92.6 Å².